The Morgan fingerprint density at radius 1 is 1.61 bits per heavy atom. The molecule has 0 aliphatic rings. The van der Waals surface area contributed by atoms with Gasteiger partial charge >= 0.3 is 0 Å². The number of fused-ring (bicyclic) bond motifs is 1. The molecule has 7 heteroatoms. The van der Waals surface area contributed by atoms with Crippen LogP contribution in [-0.2, 0) is 11.3 Å². The number of hydrogen-bond acceptors (Lipinski definition) is 5. The second-order valence-electron chi connectivity index (χ2n) is 3.54. The molecule has 0 spiro atoms. The minimum atomic E-state index is -0.0812. The third kappa shape index (κ3) is 2.41. The molecule has 2 aromatic rings. The van der Waals surface area contributed by atoms with E-state index in [1.54, 1.807) is 11.6 Å². The summed E-state index contributed by atoms with van der Waals surface area (Å²) in [6.45, 7) is 2.45. The molecule has 0 atom stereocenters. The number of nitrogens with one attached hydrogen (secondary N) is 1. The molecular weight excluding hydrogens is 270 g/mol. The molecule has 0 aliphatic carbocycles. The van der Waals surface area contributed by atoms with Crippen LogP contribution in [-0.4, -0.2) is 28.3 Å². The molecule has 0 aliphatic heterocycles. The quantitative estimate of drug-likeness (QED) is 0.679. The number of thioether (sulfide) groups is 1. The fraction of sp³-hybridized carbons (Fsp3) is 0.364. The molecular formula is C11H13N3O2S2. The number of carbonyl (C=O) groups excluding carboxylic acids is 1. The van der Waals surface area contributed by atoms with Gasteiger partial charge in [-0.2, -0.15) is 0 Å². The number of rotatable bonds is 4. The molecule has 0 saturated heterocycles. The summed E-state index contributed by atoms with van der Waals surface area (Å²) in [7, 11) is 1.59. The molecule has 5 nitrogen and oxygen atoms in total. The predicted molar refractivity (Wildman–Crippen MR) is 74.3 cm³/mol. The number of aromatic nitrogens is 2. The summed E-state index contributed by atoms with van der Waals surface area (Å²) >= 11 is 2.68. The number of thiophene rings is 1. The molecule has 0 unspecified atom stereocenters. The third-order valence-electron chi connectivity index (χ3n) is 2.46. The van der Waals surface area contributed by atoms with Gasteiger partial charge in [-0.3, -0.25) is 14.2 Å². The maximum absolute atomic E-state index is 12.2. The summed E-state index contributed by atoms with van der Waals surface area (Å²) in [6.07, 6.45) is 0. The van der Waals surface area contributed by atoms with Crippen LogP contribution in [0.5, 0.6) is 0 Å². The van der Waals surface area contributed by atoms with Crippen molar-refractivity contribution in [1.82, 2.24) is 14.9 Å². The van der Waals surface area contributed by atoms with Crippen molar-refractivity contribution in [1.29, 1.82) is 0 Å². The Morgan fingerprint density at radius 2 is 2.39 bits per heavy atom. The minimum Gasteiger partial charge on any atom is -0.358 e. The highest BCUT2D eigenvalue weighted by Gasteiger charge is 2.12. The van der Waals surface area contributed by atoms with E-state index in [0.29, 0.717) is 21.9 Å². The highest BCUT2D eigenvalue weighted by Crippen LogP contribution is 2.20. The van der Waals surface area contributed by atoms with E-state index in [0.717, 1.165) is 0 Å². The average Bonchev–Trinajstić information content (AvgIpc) is 2.84. The van der Waals surface area contributed by atoms with Gasteiger partial charge in [0.1, 0.15) is 4.70 Å². The van der Waals surface area contributed by atoms with Crippen LogP contribution in [0.2, 0.25) is 0 Å². The smallest absolute Gasteiger partial charge is 0.272 e. The van der Waals surface area contributed by atoms with Gasteiger partial charge in [-0.15, -0.1) is 11.3 Å². The van der Waals surface area contributed by atoms with Crippen LogP contribution in [0.1, 0.15) is 6.92 Å². The molecule has 1 N–H and O–H groups in total. The van der Waals surface area contributed by atoms with Crippen molar-refractivity contribution in [2.24, 2.45) is 0 Å². The van der Waals surface area contributed by atoms with Crippen molar-refractivity contribution in [3.05, 3.63) is 21.8 Å². The molecule has 0 radical (unpaired) electrons. The third-order valence-corrected chi connectivity index (χ3v) is 4.33. The van der Waals surface area contributed by atoms with Crippen molar-refractivity contribution in [3.63, 3.8) is 0 Å². The molecule has 0 saturated carbocycles. The van der Waals surface area contributed by atoms with Crippen LogP contribution in [0.4, 0.5) is 0 Å². The van der Waals surface area contributed by atoms with Gasteiger partial charge in [0.25, 0.3) is 5.56 Å². The molecule has 2 aromatic heterocycles. The maximum Gasteiger partial charge on any atom is 0.272 e. The van der Waals surface area contributed by atoms with Gasteiger partial charge in [0.2, 0.25) is 5.91 Å². The standard InChI is InChI=1S/C11H13N3O2S2/c1-3-14-10(16)9-7(4-5-17-9)13-11(14)18-6-8(15)12-2/h4-5H,3,6H2,1-2H3,(H,12,15). The summed E-state index contributed by atoms with van der Waals surface area (Å²) in [5, 5.41) is 4.99. The van der Waals surface area contributed by atoms with Crippen molar-refractivity contribution < 1.29 is 4.79 Å². The van der Waals surface area contributed by atoms with Crippen LogP contribution in [0.3, 0.4) is 0 Å². The Labute approximate surface area is 112 Å². The van der Waals surface area contributed by atoms with Gasteiger partial charge in [0.05, 0.1) is 11.3 Å². The predicted octanol–water partition coefficient (Wildman–Crippen LogP) is 1.32. The van der Waals surface area contributed by atoms with E-state index in [4.69, 9.17) is 0 Å². The molecule has 0 bridgehead atoms. The lowest BCUT2D eigenvalue weighted by Gasteiger charge is -2.08. The van der Waals surface area contributed by atoms with E-state index in [2.05, 4.69) is 10.3 Å². The van der Waals surface area contributed by atoms with Gasteiger partial charge in [-0.05, 0) is 18.4 Å². The fourth-order valence-corrected chi connectivity index (χ4v) is 3.23. The van der Waals surface area contributed by atoms with E-state index < -0.39 is 0 Å². The SMILES string of the molecule is CCn1c(SCC(=O)NC)nc2ccsc2c1=O. The zero-order chi connectivity index (χ0) is 13.1. The van der Waals surface area contributed by atoms with Gasteiger partial charge in [-0.1, -0.05) is 11.8 Å². The van der Waals surface area contributed by atoms with Crippen LogP contribution in [0, 0.1) is 0 Å². The van der Waals surface area contributed by atoms with Crippen LogP contribution < -0.4 is 10.9 Å². The Balaban J connectivity index is 2.42. The number of hydrogen-bond donors (Lipinski definition) is 1. The van der Waals surface area contributed by atoms with E-state index >= 15 is 0 Å². The number of nitrogens with zero attached hydrogens (tertiary/aromatic N) is 2. The lowest BCUT2D eigenvalue weighted by Crippen LogP contribution is -2.24. The van der Waals surface area contributed by atoms with Gasteiger partial charge in [0, 0.05) is 13.6 Å². The Morgan fingerprint density at radius 3 is 3.06 bits per heavy atom. The number of carbonyl (C=O) groups is 1. The van der Waals surface area contributed by atoms with Gasteiger partial charge < -0.3 is 5.32 Å². The summed E-state index contributed by atoms with van der Waals surface area (Å²) in [4.78, 5) is 27.8. The van der Waals surface area contributed by atoms with Gasteiger partial charge in [-0.25, -0.2) is 4.98 Å². The van der Waals surface area contributed by atoms with Crippen molar-refractivity contribution in [2.75, 3.05) is 12.8 Å². The van der Waals surface area contributed by atoms with Crippen molar-refractivity contribution in [2.45, 2.75) is 18.6 Å². The van der Waals surface area contributed by atoms with Crippen molar-refractivity contribution in [3.8, 4) is 0 Å². The lowest BCUT2D eigenvalue weighted by molar-refractivity contribution is -0.118. The lowest BCUT2D eigenvalue weighted by atomic mass is 10.5. The summed E-state index contributed by atoms with van der Waals surface area (Å²) in [6, 6.07) is 1.82. The summed E-state index contributed by atoms with van der Waals surface area (Å²) in [5.74, 6) is 0.181. The molecule has 1 amide bonds. The van der Waals surface area contributed by atoms with Crippen LogP contribution in [0.15, 0.2) is 21.4 Å². The highest BCUT2D eigenvalue weighted by atomic mass is 32.2. The van der Waals surface area contributed by atoms with E-state index in [-0.39, 0.29) is 17.2 Å². The molecule has 2 rings (SSSR count). The molecule has 0 fully saturated rings. The second kappa shape index (κ2) is 5.53. The minimum absolute atomic E-state index is 0.0306. The fourth-order valence-electron chi connectivity index (χ4n) is 1.51. The van der Waals surface area contributed by atoms with Crippen molar-refractivity contribution >= 4 is 39.2 Å². The topological polar surface area (TPSA) is 64.0 Å². The zero-order valence-electron chi connectivity index (χ0n) is 10.1. The molecule has 96 valence electrons. The highest BCUT2D eigenvalue weighted by molar-refractivity contribution is 7.99. The largest absolute Gasteiger partial charge is 0.358 e. The number of amides is 1. The Bertz CT molecular complexity index is 633. The zero-order valence-corrected chi connectivity index (χ0v) is 11.7. The van der Waals surface area contributed by atoms with Gasteiger partial charge in [0.15, 0.2) is 5.16 Å². The molecule has 0 aromatic carbocycles. The normalized spacial score (nSPS) is 10.8. The monoisotopic (exact) mass is 283 g/mol. The van der Waals surface area contributed by atoms with E-state index in [1.807, 2.05) is 18.4 Å². The summed E-state index contributed by atoms with van der Waals surface area (Å²) < 4.78 is 2.27. The summed E-state index contributed by atoms with van der Waals surface area (Å²) in [5.41, 5.74) is 0.672. The Hall–Kier alpha value is -1.34. The van der Waals surface area contributed by atoms with Crippen LogP contribution >= 0.6 is 23.1 Å². The van der Waals surface area contributed by atoms with E-state index in [1.165, 1.54) is 23.1 Å². The first-order chi connectivity index (χ1) is 8.67. The van der Waals surface area contributed by atoms with E-state index in [9.17, 15) is 9.59 Å². The first kappa shape index (κ1) is 13.1. The first-order valence-electron chi connectivity index (χ1n) is 5.48. The molecule has 2 heterocycles. The second-order valence-corrected chi connectivity index (χ2v) is 5.40. The maximum atomic E-state index is 12.2. The molecule has 18 heavy (non-hydrogen) atoms. The Kier molecular flexibility index (Phi) is 4.03. The van der Waals surface area contributed by atoms with Crippen LogP contribution in [0.25, 0.3) is 10.2 Å². The average molecular weight is 283 g/mol. The first-order valence-corrected chi connectivity index (χ1v) is 7.35.